The van der Waals surface area contributed by atoms with E-state index >= 15 is 0 Å². The molecule has 2 rings (SSSR count). The zero-order valence-corrected chi connectivity index (χ0v) is 10.5. The lowest BCUT2D eigenvalue weighted by Gasteiger charge is -2.19. The van der Waals surface area contributed by atoms with E-state index in [1.807, 2.05) is 0 Å². The van der Waals surface area contributed by atoms with Crippen LogP contribution in [0.5, 0.6) is 0 Å². The Balaban J connectivity index is 2.10. The smallest absolute Gasteiger partial charge is 0.259 e. The van der Waals surface area contributed by atoms with Gasteiger partial charge in [-0.3, -0.25) is 19.7 Å². The molecule has 0 spiro atoms. The summed E-state index contributed by atoms with van der Waals surface area (Å²) in [6.45, 7) is 1.87. The molecule has 19 heavy (non-hydrogen) atoms. The van der Waals surface area contributed by atoms with Gasteiger partial charge in [0.05, 0.1) is 11.0 Å². The van der Waals surface area contributed by atoms with Crippen LogP contribution < -0.4 is 16.4 Å². The highest BCUT2D eigenvalue weighted by Crippen LogP contribution is 2.25. The van der Waals surface area contributed by atoms with Crippen LogP contribution >= 0.6 is 0 Å². The number of nitrogen functional groups attached to an aromatic ring is 1. The summed E-state index contributed by atoms with van der Waals surface area (Å²) >= 11 is 0. The van der Waals surface area contributed by atoms with Gasteiger partial charge in [-0.25, -0.2) is 0 Å². The van der Waals surface area contributed by atoms with Crippen LogP contribution in [0.15, 0.2) is 24.3 Å². The molecule has 100 valence electrons. The Bertz CT molecular complexity index is 556. The fraction of sp³-hybridized carbons (Fsp3) is 0.308. The predicted molar refractivity (Wildman–Crippen MR) is 69.1 cm³/mol. The highest BCUT2D eigenvalue weighted by Gasteiger charge is 2.41. The summed E-state index contributed by atoms with van der Waals surface area (Å²) in [5.74, 6) is -1.22. The molecule has 1 aliphatic heterocycles. The number of imide groups is 1. The summed E-state index contributed by atoms with van der Waals surface area (Å²) in [6, 6.07) is 6.49. The monoisotopic (exact) mass is 261 g/mol. The second kappa shape index (κ2) is 4.72. The van der Waals surface area contributed by atoms with Crippen LogP contribution in [0, 0.1) is 5.41 Å². The van der Waals surface area contributed by atoms with Crippen molar-refractivity contribution in [2.24, 2.45) is 5.41 Å². The first-order valence-electron chi connectivity index (χ1n) is 5.89. The molecule has 4 N–H and O–H groups in total. The van der Waals surface area contributed by atoms with E-state index in [0.29, 0.717) is 5.69 Å². The number of carbonyl (C=O) groups is 3. The highest BCUT2D eigenvalue weighted by molar-refractivity contribution is 6.09. The second-order valence-electron chi connectivity index (χ2n) is 4.88. The van der Waals surface area contributed by atoms with Crippen LogP contribution in [0.4, 0.5) is 5.69 Å². The molecule has 1 unspecified atom stereocenters. The maximum Gasteiger partial charge on any atom is 0.259 e. The van der Waals surface area contributed by atoms with E-state index in [9.17, 15) is 14.4 Å². The molecule has 1 atom stereocenters. The molecule has 1 aromatic carbocycles. The molecular weight excluding hydrogens is 246 g/mol. The van der Waals surface area contributed by atoms with E-state index in [1.54, 1.807) is 31.2 Å². The molecule has 0 bridgehead atoms. The van der Waals surface area contributed by atoms with Gasteiger partial charge in [0.2, 0.25) is 11.8 Å². The number of carbonyl (C=O) groups excluding carboxylic acids is 3. The Morgan fingerprint density at radius 1 is 1.37 bits per heavy atom. The zero-order chi connectivity index (χ0) is 14.0. The molecule has 1 saturated heterocycles. The molecule has 0 saturated carbocycles. The van der Waals surface area contributed by atoms with Crippen molar-refractivity contribution in [2.45, 2.75) is 13.3 Å². The number of hydrogen-bond donors (Lipinski definition) is 3. The topological polar surface area (TPSA) is 101 Å². The molecule has 1 fully saturated rings. The van der Waals surface area contributed by atoms with Crippen molar-refractivity contribution >= 4 is 23.4 Å². The van der Waals surface area contributed by atoms with E-state index < -0.39 is 17.2 Å². The number of amides is 3. The quantitative estimate of drug-likeness (QED) is 0.517. The fourth-order valence-corrected chi connectivity index (χ4v) is 1.96. The van der Waals surface area contributed by atoms with Crippen LogP contribution in [0.2, 0.25) is 0 Å². The number of para-hydroxylation sites is 1. The highest BCUT2D eigenvalue weighted by atomic mass is 16.2. The van der Waals surface area contributed by atoms with Gasteiger partial charge >= 0.3 is 0 Å². The lowest BCUT2D eigenvalue weighted by atomic mass is 9.88. The Kier molecular flexibility index (Phi) is 3.25. The molecular formula is C13H15N3O3. The number of nitrogens with two attached hydrogens (primary N) is 1. The minimum absolute atomic E-state index is 0.0797. The average molecular weight is 261 g/mol. The minimum Gasteiger partial charge on any atom is -0.398 e. The van der Waals surface area contributed by atoms with Gasteiger partial charge in [0.15, 0.2) is 0 Å². The van der Waals surface area contributed by atoms with Crippen molar-refractivity contribution in [3.63, 3.8) is 0 Å². The van der Waals surface area contributed by atoms with Crippen molar-refractivity contribution in [2.75, 3.05) is 12.3 Å². The molecule has 1 aromatic rings. The van der Waals surface area contributed by atoms with Crippen LogP contribution in [0.1, 0.15) is 23.7 Å². The molecule has 0 aromatic heterocycles. The Morgan fingerprint density at radius 2 is 2.05 bits per heavy atom. The summed E-state index contributed by atoms with van der Waals surface area (Å²) in [6.07, 6.45) is 0.0797. The number of rotatable bonds is 2. The second-order valence-corrected chi connectivity index (χ2v) is 4.88. The Labute approximate surface area is 110 Å². The summed E-state index contributed by atoms with van der Waals surface area (Å²) in [5, 5.41) is 4.87. The van der Waals surface area contributed by atoms with E-state index in [0.717, 1.165) is 0 Å². The lowest BCUT2D eigenvalue weighted by molar-refractivity contribution is -0.130. The van der Waals surface area contributed by atoms with Gasteiger partial charge in [-0.05, 0) is 19.1 Å². The zero-order valence-electron chi connectivity index (χ0n) is 10.5. The van der Waals surface area contributed by atoms with Crippen LogP contribution in [-0.2, 0) is 9.59 Å². The lowest BCUT2D eigenvalue weighted by Crippen LogP contribution is -2.43. The molecule has 6 heteroatoms. The van der Waals surface area contributed by atoms with E-state index in [2.05, 4.69) is 10.6 Å². The van der Waals surface area contributed by atoms with Crippen molar-refractivity contribution in [1.82, 2.24) is 10.6 Å². The van der Waals surface area contributed by atoms with Crippen LogP contribution in [0.3, 0.4) is 0 Å². The third-order valence-electron chi connectivity index (χ3n) is 3.21. The largest absolute Gasteiger partial charge is 0.398 e. The molecule has 1 heterocycles. The van der Waals surface area contributed by atoms with Crippen molar-refractivity contribution in [3.05, 3.63) is 29.8 Å². The Hall–Kier alpha value is -2.37. The third-order valence-corrected chi connectivity index (χ3v) is 3.21. The Morgan fingerprint density at radius 3 is 2.63 bits per heavy atom. The van der Waals surface area contributed by atoms with Gasteiger partial charge in [0.25, 0.3) is 5.91 Å². The number of hydrogen-bond acceptors (Lipinski definition) is 4. The molecule has 3 amide bonds. The minimum atomic E-state index is -0.893. The van der Waals surface area contributed by atoms with Crippen LogP contribution in [-0.4, -0.2) is 24.3 Å². The summed E-state index contributed by atoms with van der Waals surface area (Å²) in [5.41, 5.74) is 5.33. The molecule has 0 radical (unpaired) electrons. The van der Waals surface area contributed by atoms with Crippen molar-refractivity contribution in [1.29, 1.82) is 0 Å². The molecule has 6 nitrogen and oxygen atoms in total. The van der Waals surface area contributed by atoms with Crippen LogP contribution in [0.25, 0.3) is 0 Å². The average Bonchev–Trinajstić information content (AvgIpc) is 2.71. The predicted octanol–water partition coefficient (Wildman–Crippen LogP) is 0.0514. The van der Waals surface area contributed by atoms with Gasteiger partial charge in [-0.15, -0.1) is 0 Å². The van der Waals surface area contributed by atoms with E-state index in [1.165, 1.54) is 0 Å². The third kappa shape index (κ3) is 2.57. The van der Waals surface area contributed by atoms with Crippen molar-refractivity contribution < 1.29 is 14.4 Å². The normalized spacial score (nSPS) is 21.8. The SMILES string of the molecule is CC1(C(=O)NC(=O)c2ccccc2N)CNC(=O)C1. The molecule has 1 aliphatic rings. The first kappa shape index (κ1) is 13.1. The fourth-order valence-electron chi connectivity index (χ4n) is 1.96. The molecule has 0 aliphatic carbocycles. The van der Waals surface area contributed by atoms with E-state index in [-0.39, 0.29) is 24.4 Å². The first-order chi connectivity index (χ1) is 8.92. The van der Waals surface area contributed by atoms with Gasteiger partial charge in [0.1, 0.15) is 0 Å². The maximum absolute atomic E-state index is 12.0. The number of benzene rings is 1. The van der Waals surface area contributed by atoms with Gasteiger partial charge in [0, 0.05) is 18.7 Å². The first-order valence-corrected chi connectivity index (χ1v) is 5.89. The summed E-state index contributed by atoms with van der Waals surface area (Å²) < 4.78 is 0. The number of anilines is 1. The summed E-state index contributed by atoms with van der Waals surface area (Å²) in [4.78, 5) is 35.2. The van der Waals surface area contributed by atoms with Gasteiger partial charge < -0.3 is 11.1 Å². The van der Waals surface area contributed by atoms with E-state index in [4.69, 9.17) is 5.73 Å². The van der Waals surface area contributed by atoms with Gasteiger partial charge in [-0.2, -0.15) is 0 Å². The standard InChI is InChI=1S/C13H15N3O3/c1-13(6-10(17)15-7-13)12(19)16-11(18)8-4-2-3-5-9(8)14/h2-5H,6-7,14H2,1H3,(H,15,17)(H,16,18,19). The number of nitrogens with one attached hydrogen (secondary N) is 2. The summed E-state index contributed by atoms with van der Waals surface area (Å²) in [7, 11) is 0. The van der Waals surface area contributed by atoms with Gasteiger partial charge in [-0.1, -0.05) is 12.1 Å². The van der Waals surface area contributed by atoms with Crippen molar-refractivity contribution in [3.8, 4) is 0 Å². The maximum atomic E-state index is 12.0.